The van der Waals surface area contributed by atoms with E-state index in [2.05, 4.69) is 48.3 Å². The van der Waals surface area contributed by atoms with Gasteiger partial charge in [0.2, 0.25) is 0 Å². The normalized spacial score (nSPS) is 25.7. The van der Waals surface area contributed by atoms with Crippen LogP contribution in [0.4, 0.5) is 0 Å². The lowest BCUT2D eigenvalue weighted by Crippen LogP contribution is -2.35. The van der Waals surface area contributed by atoms with Crippen molar-refractivity contribution >= 4 is 0 Å². The van der Waals surface area contributed by atoms with Crippen molar-refractivity contribution in [2.75, 3.05) is 13.1 Å². The van der Waals surface area contributed by atoms with Crippen LogP contribution < -0.4 is 5.32 Å². The van der Waals surface area contributed by atoms with E-state index in [1.807, 2.05) is 0 Å². The van der Waals surface area contributed by atoms with E-state index < -0.39 is 0 Å². The van der Waals surface area contributed by atoms with Gasteiger partial charge in [0, 0.05) is 31.2 Å². The summed E-state index contributed by atoms with van der Waals surface area (Å²) in [5.41, 5.74) is 2.79. The van der Waals surface area contributed by atoms with Gasteiger partial charge in [-0.05, 0) is 38.2 Å². The monoisotopic (exact) mass is 258 g/mol. The van der Waals surface area contributed by atoms with E-state index in [9.17, 15) is 0 Å². The molecule has 0 aromatic heterocycles. The summed E-state index contributed by atoms with van der Waals surface area (Å²) in [7, 11) is 0. The van der Waals surface area contributed by atoms with Crippen LogP contribution in [-0.2, 0) is 0 Å². The number of nitrogens with one attached hydrogen (secondary N) is 1. The maximum Gasteiger partial charge on any atom is 0.0320 e. The average Bonchev–Trinajstić information content (AvgIpc) is 3.17. The van der Waals surface area contributed by atoms with Crippen molar-refractivity contribution in [2.45, 2.75) is 57.7 Å². The van der Waals surface area contributed by atoms with Gasteiger partial charge >= 0.3 is 0 Å². The summed E-state index contributed by atoms with van der Waals surface area (Å²) < 4.78 is 0. The molecule has 1 aromatic rings. The zero-order chi connectivity index (χ0) is 13.2. The Balaban J connectivity index is 1.58. The van der Waals surface area contributed by atoms with Crippen molar-refractivity contribution < 1.29 is 0 Å². The zero-order valence-corrected chi connectivity index (χ0v) is 12.2. The molecule has 1 saturated carbocycles. The number of hydrogen-bond acceptors (Lipinski definition) is 2. The average molecular weight is 258 g/mol. The first-order chi connectivity index (χ1) is 9.26. The predicted molar refractivity (Wildman–Crippen MR) is 80.3 cm³/mol. The quantitative estimate of drug-likeness (QED) is 0.872. The fourth-order valence-corrected chi connectivity index (χ4v) is 3.23. The highest BCUT2D eigenvalue weighted by molar-refractivity contribution is 5.24. The van der Waals surface area contributed by atoms with E-state index >= 15 is 0 Å². The van der Waals surface area contributed by atoms with E-state index in [0.717, 1.165) is 6.04 Å². The largest absolute Gasteiger partial charge is 0.306 e. The minimum absolute atomic E-state index is 0.518. The van der Waals surface area contributed by atoms with Crippen LogP contribution in [0.1, 0.15) is 49.8 Å². The van der Waals surface area contributed by atoms with E-state index in [0.29, 0.717) is 12.1 Å². The molecule has 0 radical (unpaired) electrons. The molecule has 1 saturated heterocycles. The SMILES string of the molecule is CCC(NC1CCN(C2CC2)C1)c1ccc(C)cc1. The Bertz CT molecular complexity index is 408. The second kappa shape index (κ2) is 5.64. The summed E-state index contributed by atoms with van der Waals surface area (Å²) in [4.78, 5) is 2.68. The minimum Gasteiger partial charge on any atom is -0.306 e. The lowest BCUT2D eigenvalue weighted by molar-refractivity contribution is 0.311. The number of benzene rings is 1. The Labute approximate surface area is 117 Å². The first-order valence-electron chi connectivity index (χ1n) is 7.83. The van der Waals surface area contributed by atoms with Crippen LogP contribution in [0, 0.1) is 6.92 Å². The van der Waals surface area contributed by atoms with Gasteiger partial charge in [-0.3, -0.25) is 4.90 Å². The Morgan fingerprint density at radius 3 is 2.58 bits per heavy atom. The summed E-state index contributed by atoms with van der Waals surface area (Å²) in [5, 5.41) is 3.87. The molecule has 2 heteroatoms. The van der Waals surface area contributed by atoms with Crippen molar-refractivity contribution in [3.8, 4) is 0 Å². The number of likely N-dealkylation sites (tertiary alicyclic amines) is 1. The topological polar surface area (TPSA) is 15.3 Å². The van der Waals surface area contributed by atoms with Crippen molar-refractivity contribution in [2.24, 2.45) is 0 Å². The van der Waals surface area contributed by atoms with Gasteiger partial charge in [0.05, 0.1) is 0 Å². The highest BCUT2D eigenvalue weighted by atomic mass is 15.2. The van der Waals surface area contributed by atoms with Crippen molar-refractivity contribution in [3.05, 3.63) is 35.4 Å². The molecule has 3 rings (SSSR count). The lowest BCUT2D eigenvalue weighted by atomic mass is 10.0. The molecule has 2 nitrogen and oxygen atoms in total. The molecule has 1 N–H and O–H groups in total. The second-order valence-corrected chi connectivity index (χ2v) is 6.25. The molecule has 0 amide bonds. The van der Waals surface area contributed by atoms with Crippen molar-refractivity contribution in [1.29, 1.82) is 0 Å². The summed E-state index contributed by atoms with van der Waals surface area (Å²) in [5.74, 6) is 0. The summed E-state index contributed by atoms with van der Waals surface area (Å²) in [6.45, 7) is 6.99. The van der Waals surface area contributed by atoms with Crippen molar-refractivity contribution in [1.82, 2.24) is 10.2 Å². The molecule has 1 aliphatic heterocycles. The number of aryl methyl sites for hydroxylation is 1. The van der Waals surface area contributed by atoms with Gasteiger partial charge in [0.25, 0.3) is 0 Å². The van der Waals surface area contributed by atoms with Gasteiger partial charge in [0.15, 0.2) is 0 Å². The molecule has 19 heavy (non-hydrogen) atoms. The first kappa shape index (κ1) is 13.1. The molecule has 2 fully saturated rings. The standard InChI is InChI=1S/C17H26N2/c1-3-17(14-6-4-13(2)5-7-14)18-15-10-11-19(12-15)16-8-9-16/h4-7,15-18H,3,8-12H2,1-2H3. The Morgan fingerprint density at radius 2 is 1.95 bits per heavy atom. The van der Waals surface area contributed by atoms with Crippen LogP contribution >= 0.6 is 0 Å². The van der Waals surface area contributed by atoms with Gasteiger partial charge in [-0.25, -0.2) is 0 Å². The molecule has 1 aromatic carbocycles. The maximum atomic E-state index is 3.87. The molecule has 2 aliphatic rings. The third kappa shape index (κ3) is 3.18. The molecule has 1 aliphatic carbocycles. The van der Waals surface area contributed by atoms with Gasteiger partial charge < -0.3 is 5.32 Å². The number of hydrogen-bond donors (Lipinski definition) is 1. The van der Waals surface area contributed by atoms with Crippen LogP contribution in [0.3, 0.4) is 0 Å². The summed E-state index contributed by atoms with van der Waals surface area (Å²) >= 11 is 0. The van der Waals surface area contributed by atoms with Crippen LogP contribution in [-0.4, -0.2) is 30.1 Å². The molecule has 2 atom stereocenters. The lowest BCUT2D eigenvalue weighted by Gasteiger charge is -2.23. The molecular weight excluding hydrogens is 232 g/mol. The van der Waals surface area contributed by atoms with E-state index in [1.165, 1.54) is 49.9 Å². The zero-order valence-electron chi connectivity index (χ0n) is 12.2. The van der Waals surface area contributed by atoms with Gasteiger partial charge in [0.1, 0.15) is 0 Å². The summed E-state index contributed by atoms with van der Waals surface area (Å²) in [6, 6.07) is 11.1. The van der Waals surface area contributed by atoms with Gasteiger partial charge in [-0.15, -0.1) is 0 Å². The Kier molecular flexibility index (Phi) is 3.90. The van der Waals surface area contributed by atoms with Gasteiger partial charge in [-0.1, -0.05) is 36.8 Å². The first-order valence-corrected chi connectivity index (χ1v) is 7.83. The van der Waals surface area contributed by atoms with E-state index in [1.54, 1.807) is 0 Å². The highest BCUT2D eigenvalue weighted by Crippen LogP contribution is 2.30. The Morgan fingerprint density at radius 1 is 1.21 bits per heavy atom. The van der Waals surface area contributed by atoms with Crippen LogP contribution in [0.2, 0.25) is 0 Å². The maximum absolute atomic E-state index is 3.87. The number of rotatable bonds is 5. The third-order valence-electron chi connectivity index (χ3n) is 4.61. The highest BCUT2D eigenvalue weighted by Gasteiger charge is 2.34. The second-order valence-electron chi connectivity index (χ2n) is 6.25. The predicted octanol–water partition coefficient (Wildman–Crippen LogP) is 3.27. The molecule has 104 valence electrons. The van der Waals surface area contributed by atoms with E-state index in [4.69, 9.17) is 0 Å². The smallest absolute Gasteiger partial charge is 0.0320 e. The third-order valence-corrected chi connectivity index (χ3v) is 4.61. The fourth-order valence-electron chi connectivity index (χ4n) is 3.23. The Hall–Kier alpha value is -0.860. The minimum atomic E-state index is 0.518. The summed E-state index contributed by atoms with van der Waals surface area (Å²) in [6.07, 6.45) is 5.35. The fraction of sp³-hybridized carbons (Fsp3) is 0.647. The van der Waals surface area contributed by atoms with Gasteiger partial charge in [-0.2, -0.15) is 0 Å². The van der Waals surface area contributed by atoms with Crippen LogP contribution in [0.15, 0.2) is 24.3 Å². The molecule has 1 heterocycles. The van der Waals surface area contributed by atoms with Crippen molar-refractivity contribution in [3.63, 3.8) is 0 Å². The molecular formula is C17H26N2. The van der Waals surface area contributed by atoms with Crippen LogP contribution in [0.5, 0.6) is 0 Å². The molecule has 0 spiro atoms. The molecule has 0 bridgehead atoms. The van der Waals surface area contributed by atoms with Crippen LogP contribution in [0.25, 0.3) is 0 Å². The molecule has 2 unspecified atom stereocenters. The number of nitrogens with zero attached hydrogens (tertiary/aromatic N) is 1. The van der Waals surface area contributed by atoms with E-state index in [-0.39, 0.29) is 0 Å².